The van der Waals surface area contributed by atoms with Crippen LogP contribution in [0.3, 0.4) is 0 Å². The molecule has 0 aliphatic carbocycles. The SMILES string of the molecule is Oc1ccc([I+]c2ccc(F)cc2)cc1. The molecule has 0 saturated carbocycles. The first-order valence-corrected chi connectivity index (χ1v) is 6.59. The van der Waals surface area contributed by atoms with E-state index in [-0.39, 0.29) is 32.8 Å². The lowest BCUT2D eigenvalue weighted by Gasteiger charge is -1.89. The molecule has 3 heteroatoms. The van der Waals surface area contributed by atoms with E-state index in [1.54, 1.807) is 12.1 Å². The third-order valence-corrected chi connectivity index (χ3v) is 4.53. The lowest BCUT2D eigenvalue weighted by molar-refractivity contribution is -0.597. The zero-order chi connectivity index (χ0) is 10.7. The van der Waals surface area contributed by atoms with Gasteiger partial charge < -0.3 is 5.11 Å². The maximum absolute atomic E-state index is 12.7. The van der Waals surface area contributed by atoms with Gasteiger partial charge in [0.1, 0.15) is 11.6 Å². The van der Waals surface area contributed by atoms with Crippen LogP contribution in [0.2, 0.25) is 0 Å². The Hall–Kier alpha value is -1.10. The first-order chi connectivity index (χ1) is 7.24. The number of rotatable bonds is 2. The van der Waals surface area contributed by atoms with Crippen molar-refractivity contribution in [2.75, 3.05) is 0 Å². The van der Waals surface area contributed by atoms with E-state index in [2.05, 4.69) is 0 Å². The second-order valence-electron chi connectivity index (χ2n) is 3.01. The molecule has 76 valence electrons. The van der Waals surface area contributed by atoms with Crippen molar-refractivity contribution < 1.29 is 30.7 Å². The molecule has 0 aliphatic heterocycles. The highest BCUT2D eigenvalue weighted by molar-refractivity contribution is 5.18. The fraction of sp³-hybridized carbons (Fsp3) is 0. The Bertz CT molecular complexity index is 393. The van der Waals surface area contributed by atoms with Gasteiger partial charge in [0.2, 0.25) is 0 Å². The molecule has 0 heterocycles. The molecule has 0 spiro atoms. The standard InChI is InChI=1S/C12H8FIO/c13-9-1-3-10(4-2-9)14-11-5-7-12(15)8-6-11/h1-8H/p+1. The largest absolute Gasteiger partial charge is 0.508 e. The number of phenols is 1. The highest BCUT2D eigenvalue weighted by Crippen LogP contribution is 2.03. The summed E-state index contributed by atoms with van der Waals surface area (Å²) in [6, 6.07) is 13.8. The van der Waals surface area contributed by atoms with Gasteiger partial charge in [0.25, 0.3) is 0 Å². The second kappa shape index (κ2) is 4.61. The van der Waals surface area contributed by atoms with Crippen LogP contribution in [0.15, 0.2) is 48.5 Å². The Morgan fingerprint density at radius 2 is 1.27 bits per heavy atom. The van der Waals surface area contributed by atoms with Crippen molar-refractivity contribution in [3.63, 3.8) is 0 Å². The molecule has 2 rings (SSSR count). The summed E-state index contributed by atoms with van der Waals surface area (Å²) in [7, 11) is 0. The minimum Gasteiger partial charge on any atom is -0.508 e. The fourth-order valence-electron chi connectivity index (χ4n) is 1.12. The number of halogens is 2. The summed E-state index contributed by atoms with van der Waals surface area (Å²) in [6.07, 6.45) is 0. The molecular formula is C12H9FIO+. The summed E-state index contributed by atoms with van der Waals surface area (Å²) in [5.41, 5.74) is 0. The number of phenolic OH excluding ortho intramolecular Hbond substituents is 1. The van der Waals surface area contributed by atoms with Crippen molar-refractivity contribution in [1.29, 1.82) is 0 Å². The molecule has 0 amide bonds. The van der Waals surface area contributed by atoms with Crippen LogP contribution >= 0.6 is 0 Å². The van der Waals surface area contributed by atoms with E-state index in [0.29, 0.717) is 0 Å². The van der Waals surface area contributed by atoms with Crippen molar-refractivity contribution >= 4 is 0 Å². The smallest absolute Gasteiger partial charge is 0.357 e. The Balaban J connectivity index is 2.15. The zero-order valence-electron chi connectivity index (χ0n) is 7.82. The van der Waals surface area contributed by atoms with Crippen molar-refractivity contribution in [3.05, 3.63) is 61.5 Å². The molecule has 15 heavy (non-hydrogen) atoms. The average molecular weight is 315 g/mol. The van der Waals surface area contributed by atoms with Gasteiger partial charge in [0, 0.05) is 0 Å². The summed E-state index contributed by atoms with van der Waals surface area (Å²) in [6.45, 7) is 0. The summed E-state index contributed by atoms with van der Waals surface area (Å²) in [4.78, 5) is 0. The van der Waals surface area contributed by atoms with Crippen molar-refractivity contribution in [3.8, 4) is 5.75 Å². The van der Waals surface area contributed by atoms with Crippen molar-refractivity contribution in [2.45, 2.75) is 0 Å². The van der Waals surface area contributed by atoms with Gasteiger partial charge in [0.15, 0.2) is 7.14 Å². The molecule has 0 atom stereocenters. The summed E-state index contributed by atoms with van der Waals surface area (Å²) in [5.74, 6) is 0.0790. The molecule has 1 N–H and O–H groups in total. The van der Waals surface area contributed by atoms with Gasteiger partial charge in [-0.15, -0.1) is 0 Å². The van der Waals surface area contributed by atoms with E-state index < -0.39 is 0 Å². The van der Waals surface area contributed by atoms with Crippen LogP contribution in [0.1, 0.15) is 0 Å². The van der Waals surface area contributed by atoms with Gasteiger partial charge in [-0.25, -0.2) is 4.39 Å². The third kappa shape index (κ3) is 2.92. The molecule has 2 aromatic rings. The maximum atomic E-state index is 12.7. The van der Waals surface area contributed by atoms with E-state index in [9.17, 15) is 4.39 Å². The van der Waals surface area contributed by atoms with E-state index in [1.165, 1.54) is 19.3 Å². The topological polar surface area (TPSA) is 20.2 Å². The highest BCUT2D eigenvalue weighted by Gasteiger charge is 2.14. The van der Waals surface area contributed by atoms with Gasteiger partial charge in [0.05, 0.1) is 0 Å². The lowest BCUT2D eigenvalue weighted by Crippen LogP contribution is -3.61. The number of benzene rings is 2. The second-order valence-corrected chi connectivity index (χ2v) is 6.04. The summed E-state index contributed by atoms with van der Waals surface area (Å²) in [5, 5.41) is 9.12. The summed E-state index contributed by atoms with van der Waals surface area (Å²) >= 11 is -0.275. The molecule has 0 bridgehead atoms. The molecule has 0 fully saturated rings. The van der Waals surface area contributed by atoms with Gasteiger partial charge in [-0.3, -0.25) is 0 Å². The van der Waals surface area contributed by atoms with Gasteiger partial charge >= 0.3 is 21.2 Å². The monoisotopic (exact) mass is 315 g/mol. The van der Waals surface area contributed by atoms with Crippen LogP contribution in [0, 0.1) is 13.0 Å². The molecule has 0 aromatic heterocycles. The first kappa shape index (κ1) is 10.4. The van der Waals surface area contributed by atoms with E-state index in [0.717, 1.165) is 0 Å². The maximum Gasteiger partial charge on any atom is 0.357 e. The quantitative estimate of drug-likeness (QED) is 0.752. The molecular weight excluding hydrogens is 306 g/mol. The third-order valence-electron chi connectivity index (χ3n) is 1.85. The van der Waals surface area contributed by atoms with Gasteiger partial charge in [-0.05, 0) is 48.5 Å². The Morgan fingerprint density at radius 3 is 1.80 bits per heavy atom. The van der Waals surface area contributed by atoms with Crippen LogP contribution in [0.5, 0.6) is 5.75 Å². The number of hydrogen-bond acceptors (Lipinski definition) is 1. The minimum atomic E-state index is -0.275. The predicted octanol–water partition coefficient (Wildman–Crippen LogP) is -0.340. The number of aromatic hydroxyl groups is 1. The summed E-state index contributed by atoms with van der Waals surface area (Å²) < 4.78 is 15.0. The molecule has 1 nitrogen and oxygen atoms in total. The highest BCUT2D eigenvalue weighted by atomic mass is 127. The van der Waals surface area contributed by atoms with Crippen LogP contribution in [-0.2, 0) is 0 Å². The van der Waals surface area contributed by atoms with Crippen molar-refractivity contribution in [1.82, 2.24) is 0 Å². The van der Waals surface area contributed by atoms with E-state index in [4.69, 9.17) is 5.11 Å². The minimum absolute atomic E-state index is 0.200. The van der Waals surface area contributed by atoms with Crippen LogP contribution in [-0.4, -0.2) is 5.11 Å². The molecule has 0 unspecified atom stereocenters. The van der Waals surface area contributed by atoms with E-state index >= 15 is 0 Å². The molecule has 0 aliphatic rings. The molecule has 0 saturated heterocycles. The van der Waals surface area contributed by atoms with Crippen molar-refractivity contribution in [2.24, 2.45) is 0 Å². The normalized spacial score (nSPS) is 10.2. The fourth-order valence-corrected chi connectivity index (χ4v) is 3.28. The Labute approximate surface area is 97.8 Å². The van der Waals surface area contributed by atoms with Crippen LogP contribution in [0.4, 0.5) is 4.39 Å². The Morgan fingerprint density at radius 1 is 0.800 bits per heavy atom. The van der Waals surface area contributed by atoms with Crippen LogP contribution < -0.4 is 21.2 Å². The lowest BCUT2D eigenvalue weighted by atomic mass is 10.3. The van der Waals surface area contributed by atoms with Gasteiger partial charge in [-0.1, -0.05) is 0 Å². The van der Waals surface area contributed by atoms with E-state index in [1.807, 2.05) is 24.3 Å². The molecule has 2 aromatic carbocycles. The number of hydrogen-bond donors (Lipinski definition) is 1. The first-order valence-electron chi connectivity index (χ1n) is 4.43. The Kier molecular flexibility index (Phi) is 3.20. The molecule has 0 radical (unpaired) electrons. The predicted molar refractivity (Wildman–Crippen MR) is 51.9 cm³/mol. The zero-order valence-corrected chi connectivity index (χ0v) is 9.98. The van der Waals surface area contributed by atoms with Gasteiger partial charge in [-0.2, -0.15) is 0 Å². The average Bonchev–Trinajstić information content (AvgIpc) is 2.25. The van der Waals surface area contributed by atoms with Crippen LogP contribution in [0.25, 0.3) is 0 Å².